The van der Waals surface area contributed by atoms with E-state index in [1.54, 1.807) is 12.3 Å². The van der Waals surface area contributed by atoms with Crippen molar-refractivity contribution in [3.05, 3.63) is 64.3 Å². The van der Waals surface area contributed by atoms with Gasteiger partial charge in [0.2, 0.25) is 0 Å². The predicted molar refractivity (Wildman–Crippen MR) is 96.4 cm³/mol. The Morgan fingerprint density at radius 1 is 1.24 bits per heavy atom. The van der Waals surface area contributed by atoms with Gasteiger partial charge in [-0.1, -0.05) is 38.1 Å². The van der Waals surface area contributed by atoms with Gasteiger partial charge < -0.3 is 5.32 Å². The molecule has 1 aromatic heterocycles. The largest absolute Gasteiger partial charge is 0.343 e. The number of allylic oxidation sites excluding steroid dienone is 2. The van der Waals surface area contributed by atoms with Crippen molar-refractivity contribution >= 4 is 17.3 Å². The van der Waals surface area contributed by atoms with Crippen LogP contribution in [0.2, 0.25) is 0 Å². The maximum atomic E-state index is 13.1. The van der Waals surface area contributed by atoms with Crippen LogP contribution in [0.4, 0.5) is 11.5 Å². The molecule has 2 heterocycles. The highest BCUT2D eigenvalue weighted by Crippen LogP contribution is 2.52. The van der Waals surface area contributed by atoms with Crippen molar-refractivity contribution in [3.63, 3.8) is 0 Å². The molecule has 4 rings (SSSR count). The van der Waals surface area contributed by atoms with E-state index in [9.17, 15) is 4.79 Å². The number of nitrogens with zero attached hydrogens (tertiary/aromatic N) is 2. The second-order valence-electron chi connectivity index (χ2n) is 7.87. The molecule has 25 heavy (non-hydrogen) atoms. The molecule has 5 nitrogen and oxygen atoms in total. The smallest absolute Gasteiger partial charge is 0.187 e. The van der Waals surface area contributed by atoms with Crippen LogP contribution in [-0.2, 0) is 10.2 Å². The number of benzene rings is 1. The number of hydrogen-bond donors (Lipinski definition) is 2. The van der Waals surface area contributed by atoms with E-state index in [2.05, 4.69) is 41.1 Å². The molecule has 1 unspecified atom stereocenters. The second kappa shape index (κ2) is 5.06. The summed E-state index contributed by atoms with van der Waals surface area (Å²) in [6.45, 7) is 13.6. The maximum Gasteiger partial charge on any atom is 0.187 e. The topological polar surface area (TPSA) is 62.1 Å². The lowest BCUT2D eigenvalue weighted by Gasteiger charge is -2.43. The lowest BCUT2D eigenvalue weighted by molar-refractivity contribution is -0.118. The van der Waals surface area contributed by atoms with Crippen LogP contribution in [0, 0.1) is 12.0 Å². The number of aromatic amines is 1. The fraction of sp³-hybridized carbons (Fsp3) is 0.350. The van der Waals surface area contributed by atoms with E-state index in [0.717, 1.165) is 34.6 Å². The Balaban J connectivity index is 2.00. The summed E-state index contributed by atoms with van der Waals surface area (Å²) in [5, 5.41) is 10.6. The van der Waals surface area contributed by atoms with Crippen LogP contribution in [0.1, 0.15) is 44.7 Å². The Bertz CT molecular complexity index is 960. The minimum atomic E-state index is -0.614. The van der Waals surface area contributed by atoms with Crippen molar-refractivity contribution < 1.29 is 4.79 Å². The first-order chi connectivity index (χ1) is 11.8. The van der Waals surface area contributed by atoms with E-state index >= 15 is 0 Å². The number of anilines is 1. The molecule has 126 valence electrons. The summed E-state index contributed by atoms with van der Waals surface area (Å²) in [6.07, 6.45) is 3.12. The zero-order valence-corrected chi connectivity index (χ0v) is 14.6. The lowest BCUT2D eigenvalue weighted by atomic mass is 9.62. The molecule has 1 atom stereocenters. The van der Waals surface area contributed by atoms with Gasteiger partial charge in [-0.3, -0.25) is 9.89 Å². The van der Waals surface area contributed by atoms with Crippen LogP contribution in [0.5, 0.6) is 0 Å². The van der Waals surface area contributed by atoms with Gasteiger partial charge in [-0.25, -0.2) is 4.85 Å². The summed E-state index contributed by atoms with van der Waals surface area (Å²) in [6, 6.07) is 7.55. The van der Waals surface area contributed by atoms with Crippen LogP contribution in [0.3, 0.4) is 0 Å². The van der Waals surface area contributed by atoms with Gasteiger partial charge in [0.05, 0.1) is 18.2 Å². The number of Topliss-reactive ketones (excluding diaryl/α,β-unsaturated/α-hetero) is 1. The molecule has 5 heteroatoms. The van der Waals surface area contributed by atoms with Gasteiger partial charge in [-0.15, -0.1) is 0 Å². The number of ketones is 1. The molecule has 1 aromatic carbocycles. The van der Waals surface area contributed by atoms with E-state index in [-0.39, 0.29) is 11.2 Å². The van der Waals surface area contributed by atoms with Crippen LogP contribution < -0.4 is 5.32 Å². The maximum absolute atomic E-state index is 13.1. The Morgan fingerprint density at radius 3 is 2.80 bits per heavy atom. The van der Waals surface area contributed by atoms with Gasteiger partial charge in [0.15, 0.2) is 11.5 Å². The third-order valence-electron chi connectivity index (χ3n) is 5.38. The standard InChI is InChI=1S/C20H20N4O/c1-19(2)9-15-17(16(25)10-19)20(3,14-11-22-24-18(14)23-15)12-6-5-7-13(8-12)21-4/h5-8,11H,9-10H2,1-3H3,(H2,22,23,24). The fourth-order valence-electron chi connectivity index (χ4n) is 4.24. The van der Waals surface area contributed by atoms with Gasteiger partial charge in [0.1, 0.15) is 5.82 Å². The highest BCUT2D eigenvalue weighted by molar-refractivity contribution is 6.02. The minimum Gasteiger partial charge on any atom is -0.343 e. The number of hydrogen-bond acceptors (Lipinski definition) is 3. The Morgan fingerprint density at radius 2 is 2.04 bits per heavy atom. The molecule has 2 aromatic rings. The number of carbonyl (C=O) groups excluding carboxylic acids is 1. The van der Waals surface area contributed by atoms with Crippen molar-refractivity contribution in [2.75, 3.05) is 5.32 Å². The number of fused-ring (bicyclic) bond motifs is 1. The molecule has 0 saturated heterocycles. The zero-order chi connectivity index (χ0) is 17.8. The average Bonchev–Trinajstić information content (AvgIpc) is 3.02. The van der Waals surface area contributed by atoms with Gasteiger partial charge in [0, 0.05) is 23.3 Å². The highest BCUT2D eigenvalue weighted by atomic mass is 16.1. The third kappa shape index (κ3) is 2.21. The molecule has 0 saturated carbocycles. The molecule has 1 aliphatic carbocycles. The van der Waals surface area contributed by atoms with E-state index in [4.69, 9.17) is 6.57 Å². The molecular formula is C20H20N4O. The van der Waals surface area contributed by atoms with Crippen molar-refractivity contribution in [2.24, 2.45) is 5.41 Å². The van der Waals surface area contributed by atoms with Crippen LogP contribution in [-0.4, -0.2) is 16.0 Å². The quantitative estimate of drug-likeness (QED) is 0.764. The molecule has 0 radical (unpaired) electrons. The molecular weight excluding hydrogens is 312 g/mol. The van der Waals surface area contributed by atoms with E-state index < -0.39 is 5.41 Å². The third-order valence-corrected chi connectivity index (χ3v) is 5.38. The summed E-state index contributed by atoms with van der Waals surface area (Å²) in [5.74, 6) is 1.00. The highest BCUT2D eigenvalue weighted by Gasteiger charge is 2.48. The first kappa shape index (κ1) is 15.6. The summed E-state index contributed by atoms with van der Waals surface area (Å²) in [5.41, 5.74) is 3.56. The Labute approximate surface area is 147 Å². The van der Waals surface area contributed by atoms with Gasteiger partial charge in [0.25, 0.3) is 0 Å². The van der Waals surface area contributed by atoms with Crippen molar-refractivity contribution in [1.29, 1.82) is 0 Å². The fourth-order valence-corrected chi connectivity index (χ4v) is 4.24. The molecule has 0 amide bonds. The van der Waals surface area contributed by atoms with Crippen LogP contribution in [0.25, 0.3) is 4.85 Å². The monoisotopic (exact) mass is 332 g/mol. The van der Waals surface area contributed by atoms with Gasteiger partial charge in [-0.2, -0.15) is 5.10 Å². The number of H-pyrrole nitrogens is 1. The summed E-state index contributed by atoms with van der Waals surface area (Å²) in [4.78, 5) is 16.7. The second-order valence-corrected chi connectivity index (χ2v) is 7.87. The summed E-state index contributed by atoms with van der Waals surface area (Å²) in [7, 11) is 0. The lowest BCUT2D eigenvalue weighted by Crippen LogP contribution is -2.41. The van der Waals surface area contributed by atoms with Crippen molar-refractivity contribution in [2.45, 2.75) is 39.0 Å². The molecule has 0 fully saturated rings. The number of aromatic nitrogens is 2. The first-order valence-corrected chi connectivity index (χ1v) is 8.41. The normalized spacial score (nSPS) is 24.2. The first-order valence-electron chi connectivity index (χ1n) is 8.41. The number of nitrogens with one attached hydrogen (secondary N) is 2. The minimum absolute atomic E-state index is 0.0697. The molecule has 0 spiro atoms. The van der Waals surface area contributed by atoms with E-state index in [1.807, 2.05) is 18.2 Å². The molecule has 2 N–H and O–H groups in total. The van der Waals surface area contributed by atoms with Crippen molar-refractivity contribution in [1.82, 2.24) is 10.2 Å². The Kier molecular flexibility index (Phi) is 3.17. The summed E-state index contributed by atoms with van der Waals surface area (Å²) >= 11 is 0. The van der Waals surface area contributed by atoms with Crippen LogP contribution >= 0.6 is 0 Å². The van der Waals surface area contributed by atoms with E-state index in [0.29, 0.717) is 12.1 Å². The van der Waals surface area contributed by atoms with Gasteiger partial charge >= 0.3 is 0 Å². The number of rotatable bonds is 1. The summed E-state index contributed by atoms with van der Waals surface area (Å²) < 4.78 is 0. The van der Waals surface area contributed by atoms with E-state index in [1.165, 1.54) is 0 Å². The van der Waals surface area contributed by atoms with Crippen LogP contribution in [0.15, 0.2) is 41.7 Å². The van der Waals surface area contributed by atoms with Crippen molar-refractivity contribution in [3.8, 4) is 0 Å². The average molecular weight is 332 g/mol. The zero-order valence-electron chi connectivity index (χ0n) is 14.6. The number of carbonyl (C=O) groups is 1. The molecule has 0 bridgehead atoms. The molecule has 2 aliphatic rings. The SMILES string of the molecule is [C-]#[N+]c1cccc(C2(C)C3=C(CC(C)(C)CC3=O)Nc3[nH]ncc32)c1. The van der Waals surface area contributed by atoms with Gasteiger partial charge in [-0.05, 0) is 24.3 Å². The Hall–Kier alpha value is -2.87. The predicted octanol–water partition coefficient (Wildman–Crippen LogP) is 4.34. The molecule has 1 aliphatic heterocycles.